The molecule has 0 bridgehead atoms. The zero-order valence-electron chi connectivity index (χ0n) is 12.7. The first kappa shape index (κ1) is 15.1. The van der Waals surface area contributed by atoms with E-state index in [-0.39, 0.29) is 17.5 Å². The first-order valence-corrected chi connectivity index (χ1v) is 7.61. The van der Waals surface area contributed by atoms with Crippen LogP contribution in [-0.2, 0) is 4.79 Å². The third-order valence-electron chi connectivity index (χ3n) is 4.97. The topological polar surface area (TPSA) is 69.6 Å². The van der Waals surface area contributed by atoms with Gasteiger partial charge in [-0.25, -0.2) is 9.59 Å². The van der Waals surface area contributed by atoms with Crippen LogP contribution in [-0.4, -0.2) is 40.6 Å². The summed E-state index contributed by atoms with van der Waals surface area (Å²) in [7, 11) is 0. The number of amides is 2. The molecule has 3 atom stereocenters. The van der Waals surface area contributed by atoms with Gasteiger partial charge in [-0.05, 0) is 37.0 Å². The minimum absolute atomic E-state index is 0.109. The Labute approximate surface area is 120 Å². The summed E-state index contributed by atoms with van der Waals surface area (Å²) in [6.07, 6.45) is 4.65. The monoisotopic (exact) mass is 282 g/mol. The number of carboxylic acids is 1. The third-order valence-corrected chi connectivity index (χ3v) is 4.97. The molecule has 1 aliphatic heterocycles. The van der Waals surface area contributed by atoms with E-state index < -0.39 is 12.0 Å². The van der Waals surface area contributed by atoms with Gasteiger partial charge in [-0.15, -0.1) is 0 Å². The molecule has 114 valence electrons. The van der Waals surface area contributed by atoms with E-state index in [9.17, 15) is 14.7 Å². The summed E-state index contributed by atoms with van der Waals surface area (Å²) in [6.45, 7) is 6.91. The Bertz CT molecular complexity index is 395. The second-order valence-corrected chi connectivity index (χ2v) is 7.06. The highest BCUT2D eigenvalue weighted by atomic mass is 16.4. The highest BCUT2D eigenvalue weighted by Crippen LogP contribution is 2.37. The first-order chi connectivity index (χ1) is 9.31. The van der Waals surface area contributed by atoms with Crippen molar-refractivity contribution in [2.45, 2.75) is 65.0 Å². The van der Waals surface area contributed by atoms with Gasteiger partial charge >= 0.3 is 12.0 Å². The predicted molar refractivity (Wildman–Crippen MR) is 76.5 cm³/mol. The zero-order valence-corrected chi connectivity index (χ0v) is 12.7. The largest absolute Gasteiger partial charge is 0.480 e. The molecule has 0 radical (unpaired) electrons. The molecular weight excluding hydrogens is 256 g/mol. The van der Waals surface area contributed by atoms with Gasteiger partial charge in [-0.3, -0.25) is 0 Å². The van der Waals surface area contributed by atoms with Crippen LogP contribution in [0.25, 0.3) is 0 Å². The third kappa shape index (κ3) is 3.07. The summed E-state index contributed by atoms with van der Waals surface area (Å²) in [5, 5.41) is 12.4. The predicted octanol–water partition coefficient (Wildman–Crippen LogP) is 2.46. The molecule has 1 aliphatic carbocycles. The van der Waals surface area contributed by atoms with Crippen LogP contribution in [0, 0.1) is 11.3 Å². The fourth-order valence-corrected chi connectivity index (χ4v) is 3.45. The van der Waals surface area contributed by atoms with Crippen molar-refractivity contribution in [3.8, 4) is 0 Å². The maximum atomic E-state index is 12.4. The number of hydrogen-bond acceptors (Lipinski definition) is 2. The smallest absolute Gasteiger partial charge is 0.326 e. The fourth-order valence-electron chi connectivity index (χ4n) is 3.45. The molecule has 0 aromatic rings. The van der Waals surface area contributed by atoms with Gasteiger partial charge in [-0.2, -0.15) is 0 Å². The Hall–Kier alpha value is -1.26. The number of piperidine rings is 1. The summed E-state index contributed by atoms with van der Waals surface area (Å²) in [5.74, 6) is -0.527. The standard InChI is InChI=1S/C15H26N2O3/c1-10-6-8-17(11(9-10)13(18)19)14(20)16-12-5-4-7-15(12,2)3/h10-12H,4-9H2,1-3H3,(H,16,20)(H,18,19). The van der Waals surface area contributed by atoms with Crippen LogP contribution in [0.3, 0.4) is 0 Å². The van der Waals surface area contributed by atoms with Crippen LogP contribution in [0.4, 0.5) is 4.79 Å². The van der Waals surface area contributed by atoms with Gasteiger partial charge in [0.2, 0.25) is 0 Å². The van der Waals surface area contributed by atoms with Crippen molar-refractivity contribution in [1.82, 2.24) is 10.2 Å². The summed E-state index contributed by atoms with van der Waals surface area (Å²) in [6, 6.07) is -0.726. The maximum absolute atomic E-state index is 12.4. The van der Waals surface area contributed by atoms with Crippen LogP contribution < -0.4 is 5.32 Å². The van der Waals surface area contributed by atoms with Crippen LogP contribution in [0.1, 0.15) is 52.9 Å². The van der Waals surface area contributed by atoms with Crippen molar-refractivity contribution < 1.29 is 14.7 Å². The van der Waals surface area contributed by atoms with Crippen molar-refractivity contribution in [2.24, 2.45) is 11.3 Å². The second-order valence-electron chi connectivity index (χ2n) is 7.06. The summed E-state index contributed by atoms with van der Waals surface area (Å²) >= 11 is 0. The van der Waals surface area contributed by atoms with Crippen LogP contribution in [0.15, 0.2) is 0 Å². The van der Waals surface area contributed by atoms with E-state index in [4.69, 9.17) is 0 Å². The van der Waals surface area contributed by atoms with Gasteiger partial charge in [0.15, 0.2) is 0 Å². The molecule has 5 nitrogen and oxygen atoms in total. The second kappa shape index (κ2) is 5.62. The fraction of sp³-hybridized carbons (Fsp3) is 0.867. The Balaban J connectivity index is 2.02. The quantitative estimate of drug-likeness (QED) is 0.817. The molecule has 2 aliphatic rings. The van der Waals surface area contributed by atoms with Gasteiger partial charge in [-0.1, -0.05) is 27.2 Å². The average Bonchev–Trinajstić information content (AvgIpc) is 2.68. The van der Waals surface area contributed by atoms with E-state index in [0.717, 1.165) is 25.7 Å². The lowest BCUT2D eigenvalue weighted by molar-refractivity contribution is -0.143. The molecule has 1 heterocycles. The number of likely N-dealkylation sites (tertiary alicyclic amines) is 1. The number of nitrogens with one attached hydrogen (secondary N) is 1. The SMILES string of the molecule is CC1CCN(C(=O)NC2CCCC2(C)C)C(C(=O)O)C1. The van der Waals surface area contributed by atoms with E-state index in [1.54, 1.807) is 0 Å². The number of urea groups is 1. The van der Waals surface area contributed by atoms with E-state index in [1.165, 1.54) is 4.90 Å². The van der Waals surface area contributed by atoms with Crippen molar-refractivity contribution in [1.29, 1.82) is 0 Å². The highest BCUT2D eigenvalue weighted by molar-refractivity contribution is 5.83. The van der Waals surface area contributed by atoms with E-state index in [0.29, 0.717) is 18.9 Å². The van der Waals surface area contributed by atoms with Gasteiger partial charge in [0.1, 0.15) is 6.04 Å². The Morgan fingerprint density at radius 3 is 2.55 bits per heavy atom. The zero-order chi connectivity index (χ0) is 14.9. The van der Waals surface area contributed by atoms with Gasteiger partial charge in [0.05, 0.1) is 0 Å². The van der Waals surface area contributed by atoms with E-state index >= 15 is 0 Å². The van der Waals surface area contributed by atoms with Crippen molar-refractivity contribution in [3.05, 3.63) is 0 Å². The molecule has 5 heteroatoms. The first-order valence-electron chi connectivity index (χ1n) is 7.61. The minimum Gasteiger partial charge on any atom is -0.480 e. The van der Waals surface area contributed by atoms with Crippen molar-refractivity contribution in [2.75, 3.05) is 6.54 Å². The molecule has 2 fully saturated rings. The highest BCUT2D eigenvalue weighted by Gasteiger charge is 2.39. The molecular formula is C15H26N2O3. The Kier molecular flexibility index (Phi) is 4.25. The minimum atomic E-state index is -0.891. The van der Waals surface area contributed by atoms with Crippen molar-refractivity contribution in [3.63, 3.8) is 0 Å². The molecule has 3 unspecified atom stereocenters. The van der Waals surface area contributed by atoms with Crippen LogP contribution in [0.5, 0.6) is 0 Å². The maximum Gasteiger partial charge on any atom is 0.326 e. The van der Waals surface area contributed by atoms with Gasteiger partial charge in [0, 0.05) is 12.6 Å². The number of carbonyl (C=O) groups is 2. The Morgan fingerprint density at radius 2 is 2.00 bits per heavy atom. The van der Waals surface area contributed by atoms with E-state index in [2.05, 4.69) is 19.2 Å². The molecule has 1 saturated carbocycles. The molecule has 2 amide bonds. The number of aliphatic carboxylic acids is 1. The molecule has 20 heavy (non-hydrogen) atoms. The lowest BCUT2D eigenvalue weighted by Gasteiger charge is -2.38. The molecule has 2 rings (SSSR count). The summed E-state index contributed by atoms with van der Waals surface area (Å²) < 4.78 is 0. The number of hydrogen-bond donors (Lipinski definition) is 2. The molecule has 2 N–H and O–H groups in total. The number of carbonyl (C=O) groups excluding carboxylic acids is 1. The van der Waals surface area contributed by atoms with Crippen LogP contribution >= 0.6 is 0 Å². The molecule has 1 saturated heterocycles. The van der Waals surface area contributed by atoms with Gasteiger partial charge in [0.25, 0.3) is 0 Å². The van der Waals surface area contributed by atoms with Gasteiger partial charge < -0.3 is 15.3 Å². The molecule has 0 aromatic heterocycles. The van der Waals surface area contributed by atoms with Crippen molar-refractivity contribution >= 4 is 12.0 Å². The Morgan fingerprint density at radius 1 is 1.30 bits per heavy atom. The number of rotatable bonds is 2. The normalized spacial score (nSPS) is 33.0. The average molecular weight is 282 g/mol. The van der Waals surface area contributed by atoms with E-state index in [1.807, 2.05) is 6.92 Å². The summed E-state index contributed by atoms with van der Waals surface area (Å²) in [4.78, 5) is 25.3. The lowest BCUT2D eigenvalue weighted by Crippen LogP contribution is -2.56. The molecule has 0 spiro atoms. The lowest BCUT2D eigenvalue weighted by atomic mass is 9.87. The number of carboxylic acid groups (broad SMARTS) is 1. The van der Waals surface area contributed by atoms with Crippen LogP contribution in [0.2, 0.25) is 0 Å². The summed E-state index contributed by atoms with van der Waals surface area (Å²) in [5.41, 5.74) is 0.109. The molecule has 0 aromatic carbocycles. The number of nitrogens with zero attached hydrogens (tertiary/aromatic N) is 1.